The second-order valence-electron chi connectivity index (χ2n) is 4.37. The van der Waals surface area contributed by atoms with Crippen molar-refractivity contribution in [2.75, 3.05) is 13.6 Å². The van der Waals surface area contributed by atoms with Gasteiger partial charge in [0.05, 0.1) is 12.5 Å². The monoisotopic (exact) mass is 257 g/mol. The smallest absolute Gasteiger partial charge is 0.226 e. The van der Waals surface area contributed by atoms with Gasteiger partial charge in [0, 0.05) is 19.2 Å². The molecule has 1 atom stereocenters. The van der Waals surface area contributed by atoms with Crippen LogP contribution < -0.4 is 0 Å². The van der Waals surface area contributed by atoms with Gasteiger partial charge in [-0.2, -0.15) is 0 Å². The van der Waals surface area contributed by atoms with Crippen LogP contribution in [0.15, 0.2) is 18.2 Å². The number of amides is 1. The summed E-state index contributed by atoms with van der Waals surface area (Å²) in [4.78, 5) is 13.1. The first-order valence-electron chi connectivity index (χ1n) is 5.76. The number of carbonyl (C=O) groups is 1. The Morgan fingerprint density at radius 2 is 2.11 bits per heavy atom. The molecule has 0 saturated carbocycles. The third kappa shape index (κ3) is 4.41. The van der Waals surface area contributed by atoms with Crippen LogP contribution in [0.3, 0.4) is 0 Å². The first-order valence-corrected chi connectivity index (χ1v) is 5.76. The van der Waals surface area contributed by atoms with Gasteiger partial charge in [0.25, 0.3) is 0 Å². The first kappa shape index (κ1) is 14.6. The maximum Gasteiger partial charge on any atom is 0.226 e. The Morgan fingerprint density at radius 1 is 1.44 bits per heavy atom. The van der Waals surface area contributed by atoms with Gasteiger partial charge in [-0.15, -0.1) is 0 Å². The van der Waals surface area contributed by atoms with E-state index in [0.717, 1.165) is 18.2 Å². The number of hydrogen-bond donors (Lipinski definition) is 1. The Kier molecular flexibility index (Phi) is 5.22. The molecule has 0 aliphatic carbocycles. The molecule has 5 heteroatoms. The lowest BCUT2D eigenvalue weighted by atomic mass is 10.1. The fraction of sp³-hybridized carbons (Fsp3) is 0.462. The fourth-order valence-corrected chi connectivity index (χ4v) is 1.48. The number of likely N-dealkylation sites (N-methyl/N-ethyl adjacent to an activating group) is 1. The standard InChI is InChI=1S/C13H17F2NO2/c1-9(17)5-6-16(2)13(18)8-10-7-11(14)3-4-12(10)15/h3-4,7,9,17H,5-6,8H2,1-2H3. The number of aliphatic hydroxyl groups is 1. The van der Waals surface area contributed by atoms with E-state index in [1.807, 2.05) is 0 Å². The van der Waals surface area contributed by atoms with Gasteiger partial charge >= 0.3 is 0 Å². The van der Waals surface area contributed by atoms with Gasteiger partial charge in [0.1, 0.15) is 11.6 Å². The van der Waals surface area contributed by atoms with E-state index in [2.05, 4.69) is 0 Å². The predicted molar refractivity (Wildman–Crippen MR) is 64.0 cm³/mol. The van der Waals surface area contributed by atoms with E-state index >= 15 is 0 Å². The zero-order chi connectivity index (χ0) is 13.7. The molecule has 0 aliphatic rings. The highest BCUT2D eigenvalue weighted by molar-refractivity contribution is 5.78. The van der Waals surface area contributed by atoms with Crippen LogP contribution in [0.2, 0.25) is 0 Å². The molecule has 0 radical (unpaired) electrons. The quantitative estimate of drug-likeness (QED) is 0.872. The molecule has 0 bridgehead atoms. The fourth-order valence-electron chi connectivity index (χ4n) is 1.48. The van der Waals surface area contributed by atoms with Crippen molar-refractivity contribution in [3.8, 4) is 0 Å². The average Bonchev–Trinajstić information content (AvgIpc) is 2.30. The van der Waals surface area contributed by atoms with Crippen molar-refractivity contribution in [2.45, 2.75) is 25.9 Å². The molecule has 0 heterocycles. The van der Waals surface area contributed by atoms with Crippen LogP contribution in [-0.2, 0) is 11.2 Å². The Morgan fingerprint density at radius 3 is 2.72 bits per heavy atom. The van der Waals surface area contributed by atoms with Crippen molar-refractivity contribution in [1.29, 1.82) is 0 Å². The molecule has 1 amide bonds. The van der Waals surface area contributed by atoms with E-state index in [0.29, 0.717) is 13.0 Å². The largest absolute Gasteiger partial charge is 0.393 e. The number of rotatable bonds is 5. The summed E-state index contributed by atoms with van der Waals surface area (Å²) in [6.07, 6.45) is -0.223. The highest BCUT2D eigenvalue weighted by Crippen LogP contribution is 2.11. The molecular weight excluding hydrogens is 240 g/mol. The third-order valence-electron chi connectivity index (χ3n) is 2.66. The molecule has 0 saturated heterocycles. The van der Waals surface area contributed by atoms with Crippen LogP contribution in [0.5, 0.6) is 0 Å². The molecule has 0 fully saturated rings. The van der Waals surface area contributed by atoms with Crippen molar-refractivity contribution in [2.24, 2.45) is 0 Å². The Bertz CT molecular complexity index is 421. The van der Waals surface area contributed by atoms with E-state index in [-0.39, 0.29) is 17.9 Å². The lowest BCUT2D eigenvalue weighted by molar-refractivity contribution is -0.129. The van der Waals surface area contributed by atoms with Gasteiger partial charge < -0.3 is 10.0 Å². The summed E-state index contributed by atoms with van der Waals surface area (Å²) >= 11 is 0. The summed E-state index contributed by atoms with van der Waals surface area (Å²) < 4.78 is 26.3. The van der Waals surface area contributed by atoms with Crippen molar-refractivity contribution in [3.05, 3.63) is 35.4 Å². The normalized spacial score (nSPS) is 12.3. The molecule has 3 nitrogen and oxygen atoms in total. The highest BCUT2D eigenvalue weighted by atomic mass is 19.1. The third-order valence-corrected chi connectivity index (χ3v) is 2.66. The van der Waals surface area contributed by atoms with Crippen LogP contribution in [0.1, 0.15) is 18.9 Å². The lowest BCUT2D eigenvalue weighted by Gasteiger charge is -2.18. The number of aliphatic hydroxyl groups excluding tert-OH is 1. The number of hydrogen-bond acceptors (Lipinski definition) is 2. The maximum absolute atomic E-state index is 13.3. The number of halogens is 2. The van der Waals surface area contributed by atoms with Crippen LogP contribution in [0.4, 0.5) is 8.78 Å². The van der Waals surface area contributed by atoms with Gasteiger partial charge in [-0.05, 0) is 31.5 Å². The Balaban J connectivity index is 2.61. The minimum absolute atomic E-state index is 0.0453. The molecular formula is C13H17F2NO2. The van der Waals surface area contributed by atoms with Crippen LogP contribution in [0, 0.1) is 11.6 Å². The van der Waals surface area contributed by atoms with Crippen LogP contribution >= 0.6 is 0 Å². The van der Waals surface area contributed by atoms with E-state index in [1.165, 1.54) is 4.90 Å². The van der Waals surface area contributed by atoms with E-state index < -0.39 is 17.7 Å². The number of carbonyl (C=O) groups excluding carboxylic acids is 1. The first-order chi connectivity index (χ1) is 8.40. The molecule has 0 aliphatic heterocycles. The second-order valence-corrected chi connectivity index (χ2v) is 4.37. The minimum Gasteiger partial charge on any atom is -0.393 e. The topological polar surface area (TPSA) is 40.5 Å². The van der Waals surface area contributed by atoms with Gasteiger partial charge in [0.15, 0.2) is 0 Å². The number of benzene rings is 1. The molecule has 18 heavy (non-hydrogen) atoms. The van der Waals surface area contributed by atoms with Crippen LogP contribution in [-0.4, -0.2) is 35.6 Å². The predicted octanol–water partition coefficient (Wildman–Crippen LogP) is 1.74. The molecule has 1 N–H and O–H groups in total. The Hall–Kier alpha value is -1.49. The zero-order valence-electron chi connectivity index (χ0n) is 10.5. The van der Waals surface area contributed by atoms with Gasteiger partial charge in [-0.1, -0.05) is 0 Å². The molecule has 0 spiro atoms. The Labute approximate surface area is 105 Å². The molecule has 1 aromatic carbocycles. The molecule has 0 aromatic heterocycles. The number of nitrogens with zero attached hydrogens (tertiary/aromatic N) is 1. The average molecular weight is 257 g/mol. The summed E-state index contributed by atoms with van der Waals surface area (Å²) in [5.41, 5.74) is 0.0453. The summed E-state index contributed by atoms with van der Waals surface area (Å²) in [6.45, 7) is 2.01. The van der Waals surface area contributed by atoms with Crippen molar-refractivity contribution < 1.29 is 18.7 Å². The summed E-state index contributed by atoms with van der Waals surface area (Å²) in [5, 5.41) is 9.11. The van der Waals surface area contributed by atoms with E-state index in [1.54, 1.807) is 14.0 Å². The maximum atomic E-state index is 13.3. The highest BCUT2D eigenvalue weighted by Gasteiger charge is 2.13. The lowest BCUT2D eigenvalue weighted by Crippen LogP contribution is -2.30. The van der Waals surface area contributed by atoms with Gasteiger partial charge in [-0.25, -0.2) is 8.78 Å². The summed E-state index contributed by atoms with van der Waals surface area (Å²) in [6, 6.07) is 3.05. The van der Waals surface area contributed by atoms with E-state index in [4.69, 9.17) is 5.11 Å². The molecule has 1 unspecified atom stereocenters. The van der Waals surface area contributed by atoms with Crippen LogP contribution in [0.25, 0.3) is 0 Å². The van der Waals surface area contributed by atoms with Crippen molar-refractivity contribution >= 4 is 5.91 Å². The second kappa shape index (κ2) is 6.44. The van der Waals surface area contributed by atoms with Crippen molar-refractivity contribution in [3.63, 3.8) is 0 Å². The minimum atomic E-state index is -0.589. The van der Waals surface area contributed by atoms with Crippen molar-refractivity contribution in [1.82, 2.24) is 4.90 Å². The molecule has 1 rings (SSSR count). The van der Waals surface area contributed by atoms with E-state index in [9.17, 15) is 13.6 Å². The van der Waals surface area contributed by atoms with Gasteiger partial charge in [0.2, 0.25) is 5.91 Å². The zero-order valence-corrected chi connectivity index (χ0v) is 10.5. The van der Waals surface area contributed by atoms with Gasteiger partial charge in [-0.3, -0.25) is 4.79 Å². The SMILES string of the molecule is CC(O)CCN(C)C(=O)Cc1cc(F)ccc1F. The summed E-state index contributed by atoms with van der Waals surface area (Å²) in [7, 11) is 1.57. The molecule has 1 aromatic rings. The molecule has 100 valence electrons. The summed E-state index contributed by atoms with van der Waals surface area (Å²) in [5.74, 6) is -1.46.